The number of ketones is 1. The van der Waals surface area contributed by atoms with Crippen LogP contribution in [0, 0.1) is 5.92 Å². The molecule has 0 aliphatic carbocycles. The number of para-hydroxylation sites is 1. The summed E-state index contributed by atoms with van der Waals surface area (Å²) in [4.78, 5) is 16.3. The van der Waals surface area contributed by atoms with Gasteiger partial charge in [0.25, 0.3) is 0 Å². The molecule has 0 radical (unpaired) electrons. The van der Waals surface area contributed by atoms with Crippen molar-refractivity contribution in [2.24, 2.45) is 5.92 Å². The number of carbonyl (C=O) groups is 1. The van der Waals surface area contributed by atoms with E-state index in [1.54, 1.807) is 6.92 Å². The Morgan fingerprint density at radius 1 is 1.12 bits per heavy atom. The second kappa shape index (κ2) is 4.66. The molecule has 0 N–H and O–H groups in total. The summed E-state index contributed by atoms with van der Waals surface area (Å²) in [5.41, 5.74) is 1.84. The van der Waals surface area contributed by atoms with Crippen molar-refractivity contribution in [2.75, 3.05) is 0 Å². The first-order chi connectivity index (χ1) is 8.09. The molecule has 1 atom stereocenters. The first-order valence-electron chi connectivity index (χ1n) is 5.95. The zero-order chi connectivity index (χ0) is 12.4. The second-order valence-corrected chi connectivity index (χ2v) is 4.76. The highest BCUT2D eigenvalue weighted by atomic mass is 16.1. The average molecular weight is 227 g/mol. The number of aromatic nitrogens is 1. The number of hydrogen-bond donors (Lipinski definition) is 0. The van der Waals surface area contributed by atoms with Gasteiger partial charge >= 0.3 is 0 Å². The topological polar surface area (TPSA) is 30.0 Å². The van der Waals surface area contributed by atoms with E-state index in [9.17, 15) is 4.79 Å². The Morgan fingerprint density at radius 3 is 2.47 bits per heavy atom. The lowest BCUT2D eigenvalue weighted by atomic mass is 9.88. The van der Waals surface area contributed by atoms with Crippen LogP contribution in [0.4, 0.5) is 0 Å². The normalized spacial score (nSPS) is 12.9. The predicted molar refractivity (Wildman–Crippen MR) is 70.0 cm³/mol. The largest absolute Gasteiger partial charge is 0.299 e. The number of Topliss-reactive ketones (excluding diaryl/α,β-unsaturated/α-hetero) is 1. The van der Waals surface area contributed by atoms with Gasteiger partial charge in [-0.15, -0.1) is 0 Å². The van der Waals surface area contributed by atoms with Crippen molar-refractivity contribution in [3.8, 4) is 0 Å². The maximum atomic E-state index is 11.7. The summed E-state index contributed by atoms with van der Waals surface area (Å²) < 4.78 is 0. The lowest BCUT2D eigenvalue weighted by Crippen LogP contribution is -2.16. The minimum absolute atomic E-state index is 0.0976. The third-order valence-electron chi connectivity index (χ3n) is 3.04. The molecule has 88 valence electrons. The van der Waals surface area contributed by atoms with Crippen molar-refractivity contribution in [3.05, 3.63) is 42.1 Å². The lowest BCUT2D eigenvalue weighted by Gasteiger charge is -2.17. The van der Waals surface area contributed by atoms with Gasteiger partial charge in [0.2, 0.25) is 0 Å². The predicted octanol–water partition coefficient (Wildman–Crippen LogP) is 3.56. The van der Waals surface area contributed by atoms with Crippen LogP contribution in [0.2, 0.25) is 0 Å². The molecule has 1 heterocycles. The number of nitrogens with zero attached hydrogens (tertiary/aromatic N) is 1. The molecule has 2 nitrogen and oxygen atoms in total. The highest BCUT2D eigenvalue weighted by Crippen LogP contribution is 2.25. The number of carbonyl (C=O) groups excluding carboxylic acids is 1. The highest BCUT2D eigenvalue weighted by molar-refractivity contribution is 5.85. The van der Waals surface area contributed by atoms with E-state index in [-0.39, 0.29) is 17.6 Å². The van der Waals surface area contributed by atoms with Gasteiger partial charge in [-0.3, -0.25) is 9.78 Å². The van der Waals surface area contributed by atoms with Crippen molar-refractivity contribution in [1.29, 1.82) is 0 Å². The summed E-state index contributed by atoms with van der Waals surface area (Å²) in [5, 5.41) is 1.11. The fourth-order valence-electron chi connectivity index (χ4n) is 2.27. The Balaban J connectivity index is 2.51. The van der Waals surface area contributed by atoms with Crippen LogP contribution in [0.25, 0.3) is 10.9 Å². The first-order valence-corrected chi connectivity index (χ1v) is 5.95. The van der Waals surface area contributed by atoms with Crippen LogP contribution in [0.15, 0.2) is 36.4 Å². The van der Waals surface area contributed by atoms with Crippen molar-refractivity contribution >= 4 is 16.7 Å². The molecule has 0 saturated heterocycles. The summed E-state index contributed by atoms with van der Waals surface area (Å²) in [7, 11) is 0. The molecule has 0 fully saturated rings. The number of rotatable bonds is 3. The molecule has 1 aromatic heterocycles. The van der Waals surface area contributed by atoms with Gasteiger partial charge in [0, 0.05) is 5.39 Å². The number of hydrogen-bond acceptors (Lipinski definition) is 2. The highest BCUT2D eigenvalue weighted by Gasteiger charge is 2.21. The van der Waals surface area contributed by atoms with Gasteiger partial charge in [0.15, 0.2) is 0 Å². The van der Waals surface area contributed by atoms with Gasteiger partial charge in [-0.1, -0.05) is 38.1 Å². The standard InChI is InChI=1S/C15H17NO/c1-10(2)15(11(3)17)14-9-8-12-6-4-5-7-13(12)16-14/h4-10,15H,1-3H3. The third-order valence-corrected chi connectivity index (χ3v) is 3.04. The molecule has 17 heavy (non-hydrogen) atoms. The number of fused-ring (bicyclic) bond motifs is 1. The summed E-state index contributed by atoms with van der Waals surface area (Å²) >= 11 is 0. The van der Waals surface area contributed by atoms with E-state index < -0.39 is 0 Å². The van der Waals surface area contributed by atoms with Crippen LogP contribution in [-0.4, -0.2) is 10.8 Å². The minimum atomic E-state index is -0.0976. The number of benzene rings is 1. The lowest BCUT2D eigenvalue weighted by molar-refractivity contribution is -0.119. The Labute approximate surface area is 102 Å². The Morgan fingerprint density at radius 2 is 1.82 bits per heavy atom. The molecule has 0 aliphatic rings. The molecule has 2 heteroatoms. The van der Waals surface area contributed by atoms with Crippen LogP contribution in [0.3, 0.4) is 0 Å². The van der Waals surface area contributed by atoms with Crippen LogP contribution in [-0.2, 0) is 4.79 Å². The average Bonchev–Trinajstić information content (AvgIpc) is 2.28. The Bertz CT molecular complexity index is 545. The molecule has 2 rings (SSSR count). The van der Waals surface area contributed by atoms with Crippen LogP contribution in [0.5, 0.6) is 0 Å². The van der Waals surface area contributed by atoms with Crippen LogP contribution >= 0.6 is 0 Å². The Kier molecular flexibility index (Phi) is 3.23. The molecular weight excluding hydrogens is 210 g/mol. The van der Waals surface area contributed by atoms with Gasteiger partial charge in [0.05, 0.1) is 17.1 Å². The summed E-state index contributed by atoms with van der Waals surface area (Å²) in [5.74, 6) is 0.364. The van der Waals surface area contributed by atoms with E-state index in [4.69, 9.17) is 0 Å². The SMILES string of the molecule is CC(=O)C(c1ccc2ccccc2n1)C(C)C. The minimum Gasteiger partial charge on any atom is -0.299 e. The second-order valence-electron chi connectivity index (χ2n) is 4.76. The molecular formula is C15H17NO. The first kappa shape index (κ1) is 11.8. The van der Waals surface area contributed by atoms with Crippen molar-refractivity contribution < 1.29 is 4.79 Å². The maximum absolute atomic E-state index is 11.7. The molecule has 2 aromatic rings. The van der Waals surface area contributed by atoms with E-state index in [2.05, 4.69) is 18.8 Å². The monoisotopic (exact) mass is 227 g/mol. The molecule has 0 amide bonds. The molecule has 0 saturated carbocycles. The molecule has 0 aliphatic heterocycles. The van der Waals surface area contributed by atoms with Crippen LogP contribution in [0.1, 0.15) is 32.4 Å². The summed E-state index contributed by atoms with van der Waals surface area (Å²) in [6.45, 7) is 5.76. The van der Waals surface area contributed by atoms with E-state index in [1.165, 1.54) is 0 Å². The number of pyridine rings is 1. The van der Waals surface area contributed by atoms with E-state index in [0.717, 1.165) is 16.6 Å². The fraction of sp³-hybridized carbons (Fsp3) is 0.333. The van der Waals surface area contributed by atoms with Gasteiger partial charge in [-0.25, -0.2) is 0 Å². The molecule has 1 unspecified atom stereocenters. The van der Waals surface area contributed by atoms with Crippen LogP contribution < -0.4 is 0 Å². The maximum Gasteiger partial charge on any atom is 0.139 e. The Hall–Kier alpha value is -1.70. The molecule has 1 aromatic carbocycles. The van der Waals surface area contributed by atoms with E-state index in [1.807, 2.05) is 36.4 Å². The van der Waals surface area contributed by atoms with Crippen molar-refractivity contribution in [1.82, 2.24) is 4.98 Å². The quantitative estimate of drug-likeness (QED) is 0.802. The zero-order valence-electron chi connectivity index (χ0n) is 10.5. The smallest absolute Gasteiger partial charge is 0.139 e. The molecule has 0 bridgehead atoms. The van der Waals surface area contributed by atoms with Gasteiger partial charge in [-0.05, 0) is 25.0 Å². The van der Waals surface area contributed by atoms with Gasteiger partial charge < -0.3 is 0 Å². The zero-order valence-corrected chi connectivity index (χ0v) is 10.5. The van der Waals surface area contributed by atoms with Gasteiger partial charge in [0.1, 0.15) is 5.78 Å². The van der Waals surface area contributed by atoms with Crippen molar-refractivity contribution in [3.63, 3.8) is 0 Å². The van der Waals surface area contributed by atoms with Crippen molar-refractivity contribution in [2.45, 2.75) is 26.7 Å². The molecule has 0 spiro atoms. The summed E-state index contributed by atoms with van der Waals surface area (Å²) in [6, 6.07) is 12.0. The third kappa shape index (κ3) is 2.36. The van der Waals surface area contributed by atoms with Gasteiger partial charge in [-0.2, -0.15) is 0 Å². The van der Waals surface area contributed by atoms with E-state index in [0.29, 0.717) is 0 Å². The summed E-state index contributed by atoms with van der Waals surface area (Å²) in [6.07, 6.45) is 0. The van der Waals surface area contributed by atoms with E-state index >= 15 is 0 Å². The fourth-order valence-corrected chi connectivity index (χ4v) is 2.27.